The van der Waals surface area contributed by atoms with Crippen molar-refractivity contribution in [2.45, 2.75) is 52.2 Å². The van der Waals surface area contributed by atoms with E-state index in [1.807, 2.05) is 24.3 Å². The van der Waals surface area contributed by atoms with Crippen molar-refractivity contribution in [1.82, 2.24) is 5.32 Å². The molecule has 24 heavy (non-hydrogen) atoms. The second-order valence-corrected chi connectivity index (χ2v) is 7.68. The normalized spacial score (nSPS) is 30.2. The Bertz CT molecular complexity index is 593. The second-order valence-electron chi connectivity index (χ2n) is 7.68. The zero-order chi connectivity index (χ0) is 17.1. The third-order valence-electron chi connectivity index (χ3n) is 5.54. The molecule has 1 aromatic carbocycles. The van der Waals surface area contributed by atoms with Crippen molar-refractivity contribution in [3.63, 3.8) is 0 Å². The van der Waals surface area contributed by atoms with Gasteiger partial charge in [-0.2, -0.15) is 0 Å². The summed E-state index contributed by atoms with van der Waals surface area (Å²) in [4.78, 5) is 12.8. The molecule has 0 saturated heterocycles. The van der Waals surface area contributed by atoms with Gasteiger partial charge in [0.2, 0.25) is 0 Å². The van der Waals surface area contributed by atoms with Crippen molar-refractivity contribution in [3.8, 4) is 0 Å². The SMILES string of the molecule is CC(C)[C@@H]1CC[C@@H](C)C[C@H]1OC(=O)C1=CCN[C@H]1c1ccccc1. The average Bonchev–Trinajstić information content (AvgIpc) is 3.05. The number of carbonyl (C=O) groups is 1. The summed E-state index contributed by atoms with van der Waals surface area (Å²) in [6, 6.07) is 10.1. The van der Waals surface area contributed by atoms with Crippen LogP contribution >= 0.6 is 0 Å². The van der Waals surface area contributed by atoms with Crippen LogP contribution in [0.15, 0.2) is 42.0 Å². The minimum Gasteiger partial charge on any atom is -0.459 e. The van der Waals surface area contributed by atoms with Gasteiger partial charge in [0.05, 0.1) is 11.6 Å². The predicted molar refractivity (Wildman–Crippen MR) is 96.5 cm³/mol. The molecule has 0 amide bonds. The molecular weight excluding hydrogens is 298 g/mol. The smallest absolute Gasteiger partial charge is 0.335 e. The minimum absolute atomic E-state index is 0.0442. The van der Waals surface area contributed by atoms with Gasteiger partial charge in [-0.15, -0.1) is 0 Å². The zero-order valence-corrected chi connectivity index (χ0v) is 15.0. The van der Waals surface area contributed by atoms with Crippen LogP contribution in [0.1, 0.15) is 51.6 Å². The van der Waals surface area contributed by atoms with E-state index in [1.165, 1.54) is 6.42 Å². The molecule has 0 radical (unpaired) electrons. The molecule has 0 aromatic heterocycles. The highest BCUT2D eigenvalue weighted by atomic mass is 16.5. The molecule has 130 valence electrons. The first-order valence-electron chi connectivity index (χ1n) is 9.25. The van der Waals surface area contributed by atoms with Gasteiger partial charge in [-0.1, -0.05) is 63.6 Å². The maximum atomic E-state index is 12.8. The van der Waals surface area contributed by atoms with Crippen molar-refractivity contribution in [1.29, 1.82) is 0 Å². The summed E-state index contributed by atoms with van der Waals surface area (Å²) in [7, 11) is 0. The highest BCUT2D eigenvalue weighted by molar-refractivity contribution is 5.91. The van der Waals surface area contributed by atoms with Gasteiger partial charge in [0.25, 0.3) is 0 Å². The van der Waals surface area contributed by atoms with Crippen LogP contribution in [0.4, 0.5) is 0 Å². The summed E-state index contributed by atoms with van der Waals surface area (Å²) in [5.74, 6) is 1.53. The van der Waals surface area contributed by atoms with E-state index in [2.05, 4.69) is 38.2 Å². The van der Waals surface area contributed by atoms with E-state index in [-0.39, 0.29) is 18.1 Å². The summed E-state index contributed by atoms with van der Waals surface area (Å²) < 4.78 is 6.02. The zero-order valence-electron chi connectivity index (χ0n) is 15.0. The number of benzene rings is 1. The fourth-order valence-electron chi connectivity index (χ4n) is 4.11. The van der Waals surface area contributed by atoms with Gasteiger partial charge >= 0.3 is 5.97 Å². The molecular formula is C21H29NO2. The Balaban J connectivity index is 1.71. The number of carbonyl (C=O) groups excluding carboxylic acids is 1. The molecule has 4 atom stereocenters. The Morgan fingerprint density at radius 1 is 1.21 bits per heavy atom. The Labute approximate surface area is 145 Å². The third kappa shape index (κ3) is 3.72. The summed E-state index contributed by atoms with van der Waals surface area (Å²) >= 11 is 0. The Morgan fingerprint density at radius 3 is 2.67 bits per heavy atom. The molecule has 0 unspecified atom stereocenters. The molecule has 1 heterocycles. The first-order valence-corrected chi connectivity index (χ1v) is 9.25. The molecule has 1 N–H and O–H groups in total. The van der Waals surface area contributed by atoms with Crippen LogP contribution in [0.25, 0.3) is 0 Å². The molecule has 0 spiro atoms. The number of ether oxygens (including phenoxy) is 1. The first-order chi connectivity index (χ1) is 11.6. The highest BCUT2D eigenvalue weighted by Crippen LogP contribution is 2.36. The lowest BCUT2D eigenvalue weighted by molar-refractivity contribution is -0.151. The molecule has 3 heteroatoms. The van der Waals surface area contributed by atoms with Crippen LogP contribution < -0.4 is 5.32 Å². The van der Waals surface area contributed by atoms with Gasteiger partial charge < -0.3 is 10.1 Å². The van der Waals surface area contributed by atoms with Crippen molar-refractivity contribution in [2.75, 3.05) is 6.54 Å². The van der Waals surface area contributed by atoms with E-state index in [0.717, 1.165) is 30.5 Å². The maximum Gasteiger partial charge on any atom is 0.335 e. The number of hydrogen-bond acceptors (Lipinski definition) is 3. The van der Waals surface area contributed by atoms with Crippen LogP contribution in [-0.4, -0.2) is 18.6 Å². The van der Waals surface area contributed by atoms with Gasteiger partial charge in [-0.25, -0.2) is 4.79 Å². The molecule has 1 aliphatic heterocycles. The van der Waals surface area contributed by atoms with E-state index in [4.69, 9.17) is 4.74 Å². The van der Waals surface area contributed by atoms with Gasteiger partial charge in [0.1, 0.15) is 6.10 Å². The van der Waals surface area contributed by atoms with Crippen molar-refractivity contribution in [3.05, 3.63) is 47.5 Å². The first kappa shape index (κ1) is 17.2. The predicted octanol–water partition coefficient (Wildman–Crippen LogP) is 4.26. The summed E-state index contributed by atoms with van der Waals surface area (Å²) in [6.07, 6.45) is 5.44. The third-order valence-corrected chi connectivity index (χ3v) is 5.54. The minimum atomic E-state index is -0.140. The maximum absolute atomic E-state index is 12.8. The van der Waals surface area contributed by atoms with E-state index < -0.39 is 0 Å². The number of esters is 1. The highest BCUT2D eigenvalue weighted by Gasteiger charge is 2.35. The lowest BCUT2D eigenvalue weighted by Gasteiger charge is -2.37. The second kappa shape index (κ2) is 7.52. The number of hydrogen-bond donors (Lipinski definition) is 1. The molecule has 3 rings (SSSR count). The van der Waals surface area contributed by atoms with Crippen molar-refractivity contribution < 1.29 is 9.53 Å². The molecule has 0 bridgehead atoms. The van der Waals surface area contributed by atoms with Crippen LogP contribution in [0, 0.1) is 17.8 Å². The van der Waals surface area contributed by atoms with E-state index in [0.29, 0.717) is 17.8 Å². The molecule has 1 aromatic rings. The Kier molecular flexibility index (Phi) is 5.40. The molecule has 1 saturated carbocycles. The van der Waals surface area contributed by atoms with E-state index in [1.54, 1.807) is 0 Å². The van der Waals surface area contributed by atoms with Crippen molar-refractivity contribution in [2.24, 2.45) is 17.8 Å². The molecule has 1 fully saturated rings. The van der Waals surface area contributed by atoms with Gasteiger partial charge in [0, 0.05) is 6.54 Å². The van der Waals surface area contributed by atoms with Crippen LogP contribution in [0.5, 0.6) is 0 Å². The fraction of sp³-hybridized carbons (Fsp3) is 0.571. The Hall–Kier alpha value is -1.61. The van der Waals surface area contributed by atoms with Crippen LogP contribution in [0.3, 0.4) is 0 Å². The Morgan fingerprint density at radius 2 is 1.96 bits per heavy atom. The molecule has 2 aliphatic rings. The van der Waals surface area contributed by atoms with Crippen LogP contribution in [-0.2, 0) is 9.53 Å². The van der Waals surface area contributed by atoms with E-state index in [9.17, 15) is 4.79 Å². The summed E-state index contributed by atoms with van der Waals surface area (Å²) in [5.41, 5.74) is 1.89. The molecule has 3 nitrogen and oxygen atoms in total. The largest absolute Gasteiger partial charge is 0.459 e. The van der Waals surface area contributed by atoms with Crippen LogP contribution in [0.2, 0.25) is 0 Å². The topological polar surface area (TPSA) is 38.3 Å². The standard InChI is InChI=1S/C21H29NO2/c1-14(2)17-10-9-15(3)13-19(17)24-21(23)18-11-12-22-20(18)16-7-5-4-6-8-16/h4-8,11,14-15,17,19-20,22H,9-10,12-13H2,1-3H3/t15-,17+,19-,20+/m1/s1. The van der Waals surface area contributed by atoms with Gasteiger partial charge in [0.15, 0.2) is 0 Å². The monoisotopic (exact) mass is 327 g/mol. The fourth-order valence-corrected chi connectivity index (χ4v) is 4.11. The lowest BCUT2D eigenvalue weighted by atomic mass is 9.75. The summed E-state index contributed by atoms with van der Waals surface area (Å²) in [5, 5.41) is 3.39. The van der Waals surface area contributed by atoms with Crippen molar-refractivity contribution >= 4 is 5.97 Å². The number of rotatable bonds is 4. The molecule has 1 aliphatic carbocycles. The quantitative estimate of drug-likeness (QED) is 0.840. The van der Waals surface area contributed by atoms with Gasteiger partial charge in [-0.05, 0) is 36.2 Å². The average molecular weight is 327 g/mol. The number of nitrogens with one attached hydrogen (secondary N) is 1. The lowest BCUT2D eigenvalue weighted by Crippen LogP contribution is -2.36. The van der Waals surface area contributed by atoms with Gasteiger partial charge in [-0.3, -0.25) is 0 Å². The summed E-state index contributed by atoms with van der Waals surface area (Å²) in [6.45, 7) is 7.47. The van der Waals surface area contributed by atoms with E-state index >= 15 is 0 Å².